The van der Waals surface area contributed by atoms with Gasteiger partial charge in [0.2, 0.25) is 0 Å². The highest BCUT2D eigenvalue weighted by Gasteiger charge is 2.18. The minimum absolute atomic E-state index is 0.338. The van der Waals surface area contributed by atoms with Crippen molar-refractivity contribution >= 4 is 0 Å². The standard InChI is InChI=1S/C14H21NO2/c15-13-6-8-14(9-7-13)17-11-16-10-12-4-2-1-3-5-12/h1-5,13-14H,6-11,15H2. The van der Waals surface area contributed by atoms with E-state index in [9.17, 15) is 0 Å². The van der Waals surface area contributed by atoms with E-state index in [1.807, 2.05) is 18.2 Å². The molecule has 0 saturated heterocycles. The maximum absolute atomic E-state index is 5.84. The largest absolute Gasteiger partial charge is 0.352 e. The fourth-order valence-corrected chi connectivity index (χ4v) is 2.13. The van der Waals surface area contributed by atoms with Gasteiger partial charge in [0.1, 0.15) is 6.79 Å². The van der Waals surface area contributed by atoms with E-state index >= 15 is 0 Å². The molecule has 0 aromatic heterocycles. The normalized spacial score (nSPS) is 24.8. The molecule has 1 aliphatic carbocycles. The molecule has 2 rings (SSSR count). The molecule has 0 heterocycles. The summed E-state index contributed by atoms with van der Waals surface area (Å²) in [6, 6.07) is 10.5. The van der Waals surface area contributed by atoms with Crippen molar-refractivity contribution in [3.63, 3.8) is 0 Å². The Morgan fingerprint density at radius 2 is 1.76 bits per heavy atom. The van der Waals surface area contributed by atoms with Gasteiger partial charge in [-0.1, -0.05) is 30.3 Å². The molecular weight excluding hydrogens is 214 g/mol. The lowest BCUT2D eigenvalue weighted by Crippen LogP contribution is -2.30. The SMILES string of the molecule is NC1CCC(OCOCc2ccccc2)CC1. The molecule has 0 atom stereocenters. The van der Waals surface area contributed by atoms with Crippen LogP contribution in [0, 0.1) is 0 Å². The van der Waals surface area contributed by atoms with E-state index in [0.717, 1.165) is 25.7 Å². The van der Waals surface area contributed by atoms with Crippen LogP contribution in [-0.2, 0) is 16.1 Å². The minimum Gasteiger partial charge on any atom is -0.352 e. The lowest BCUT2D eigenvalue weighted by atomic mass is 9.94. The van der Waals surface area contributed by atoms with Crippen LogP contribution < -0.4 is 5.73 Å². The zero-order valence-corrected chi connectivity index (χ0v) is 10.2. The molecule has 0 spiro atoms. The van der Waals surface area contributed by atoms with Crippen LogP contribution in [-0.4, -0.2) is 18.9 Å². The number of nitrogens with two attached hydrogens (primary N) is 1. The van der Waals surface area contributed by atoms with E-state index in [1.165, 1.54) is 5.56 Å². The topological polar surface area (TPSA) is 44.5 Å². The second-order valence-corrected chi connectivity index (χ2v) is 4.66. The van der Waals surface area contributed by atoms with E-state index in [0.29, 0.717) is 25.5 Å². The highest BCUT2D eigenvalue weighted by Crippen LogP contribution is 2.19. The monoisotopic (exact) mass is 235 g/mol. The molecule has 0 unspecified atom stereocenters. The lowest BCUT2D eigenvalue weighted by Gasteiger charge is -2.25. The van der Waals surface area contributed by atoms with E-state index in [4.69, 9.17) is 15.2 Å². The Hall–Kier alpha value is -0.900. The molecule has 3 heteroatoms. The first-order valence-corrected chi connectivity index (χ1v) is 6.33. The fraction of sp³-hybridized carbons (Fsp3) is 0.571. The molecule has 1 aliphatic rings. The Morgan fingerprint density at radius 1 is 1.06 bits per heavy atom. The van der Waals surface area contributed by atoms with Crippen molar-refractivity contribution in [3.05, 3.63) is 35.9 Å². The molecule has 17 heavy (non-hydrogen) atoms. The van der Waals surface area contributed by atoms with E-state index in [-0.39, 0.29) is 0 Å². The summed E-state index contributed by atoms with van der Waals surface area (Å²) in [5.41, 5.74) is 7.02. The third kappa shape index (κ3) is 4.46. The van der Waals surface area contributed by atoms with Crippen molar-refractivity contribution in [1.29, 1.82) is 0 Å². The Kier molecular flexibility index (Phi) is 4.98. The number of ether oxygens (including phenoxy) is 2. The first-order valence-electron chi connectivity index (χ1n) is 6.33. The van der Waals surface area contributed by atoms with E-state index in [1.54, 1.807) is 0 Å². The van der Waals surface area contributed by atoms with Crippen LogP contribution in [0.2, 0.25) is 0 Å². The summed E-state index contributed by atoms with van der Waals surface area (Å²) in [6.45, 7) is 1.00. The minimum atomic E-state index is 0.338. The Labute approximate surface area is 103 Å². The quantitative estimate of drug-likeness (QED) is 0.630. The van der Waals surface area contributed by atoms with Gasteiger partial charge in [-0.25, -0.2) is 0 Å². The smallest absolute Gasteiger partial charge is 0.147 e. The van der Waals surface area contributed by atoms with Crippen LogP contribution in [0.4, 0.5) is 0 Å². The summed E-state index contributed by atoms with van der Waals surface area (Å²) in [6.07, 6.45) is 4.61. The lowest BCUT2D eigenvalue weighted by molar-refractivity contribution is -0.105. The third-order valence-electron chi connectivity index (χ3n) is 3.22. The Morgan fingerprint density at radius 3 is 2.47 bits per heavy atom. The van der Waals surface area contributed by atoms with Gasteiger partial charge in [-0.2, -0.15) is 0 Å². The van der Waals surface area contributed by atoms with Gasteiger partial charge in [0, 0.05) is 6.04 Å². The van der Waals surface area contributed by atoms with Crippen LogP contribution in [0.25, 0.3) is 0 Å². The molecule has 1 aromatic rings. The van der Waals surface area contributed by atoms with Crippen LogP contribution >= 0.6 is 0 Å². The van der Waals surface area contributed by atoms with Gasteiger partial charge in [-0.15, -0.1) is 0 Å². The van der Waals surface area contributed by atoms with Gasteiger partial charge in [0.15, 0.2) is 0 Å². The van der Waals surface area contributed by atoms with Crippen molar-refractivity contribution in [2.75, 3.05) is 6.79 Å². The average molecular weight is 235 g/mol. The molecule has 0 radical (unpaired) electrons. The second kappa shape index (κ2) is 6.74. The van der Waals surface area contributed by atoms with Crippen LogP contribution in [0.5, 0.6) is 0 Å². The van der Waals surface area contributed by atoms with E-state index < -0.39 is 0 Å². The molecule has 0 bridgehead atoms. The van der Waals surface area contributed by atoms with Gasteiger partial charge >= 0.3 is 0 Å². The van der Waals surface area contributed by atoms with Crippen LogP contribution in [0.15, 0.2) is 30.3 Å². The van der Waals surface area contributed by atoms with Crippen LogP contribution in [0.3, 0.4) is 0 Å². The summed E-state index contributed by atoms with van der Waals surface area (Å²) < 4.78 is 11.2. The first kappa shape index (κ1) is 12.6. The highest BCUT2D eigenvalue weighted by molar-refractivity contribution is 5.13. The zero-order chi connectivity index (χ0) is 11.9. The van der Waals surface area contributed by atoms with Gasteiger partial charge < -0.3 is 15.2 Å². The Bertz CT molecular complexity index is 307. The van der Waals surface area contributed by atoms with E-state index in [2.05, 4.69) is 12.1 Å². The molecule has 1 saturated carbocycles. The molecule has 0 aliphatic heterocycles. The molecule has 1 fully saturated rings. The molecule has 0 amide bonds. The molecule has 2 N–H and O–H groups in total. The predicted molar refractivity (Wildman–Crippen MR) is 67.4 cm³/mol. The highest BCUT2D eigenvalue weighted by atomic mass is 16.7. The van der Waals surface area contributed by atoms with Crippen LogP contribution in [0.1, 0.15) is 31.2 Å². The van der Waals surface area contributed by atoms with Gasteiger partial charge in [-0.3, -0.25) is 0 Å². The molecule has 3 nitrogen and oxygen atoms in total. The third-order valence-corrected chi connectivity index (χ3v) is 3.22. The predicted octanol–water partition coefficient (Wildman–Crippen LogP) is 2.45. The summed E-state index contributed by atoms with van der Waals surface area (Å²) in [5.74, 6) is 0. The maximum atomic E-state index is 5.84. The molecular formula is C14H21NO2. The van der Waals surface area contributed by atoms with Crippen molar-refractivity contribution in [3.8, 4) is 0 Å². The summed E-state index contributed by atoms with van der Waals surface area (Å²) in [7, 11) is 0. The zero-order valence-electron chi connectivity index (χ0n) is 10.2. The van der Waals surface area contributed by atoms with Gasteiger partial charge in [0.25, 0.3) is 0 Å². The summed E-state index contributed by atoms with van der Waals surface area (Å²) in [5, 5.41) is 0. The number of benzene rings is 1. The average Bonchev–Trinajstić information content (AvgIpc) is 2.38. The number of hydrogen-bond acceptors (Lipinski definition) is 3. The molecule has 94 valence electrons. The van der Waals surface area contributed by atoms with Crippen molar-refractivity contribution < 1.29 is 9.47 Å². The van der Waals surface area contributed by atoms with Crippen molar-refractivity contribution in [1.82, 2.24) is 0 Å². The second-order valence-electron chi connectivity index (χ2n) is 4.66. The summed E-state index contributed by atoms with van der Waals surface area (Å²) in [4.78, 5) is 0. The van der Waals surface area contributed by atoms with Crippen molar-refractivity contribution in [2.45, 2.75) is 44.4 Å². The Balaban J connectivity index is 1.57. The molecule has 1 aromatic carbocycles. The number of hydrogen-bond donors (Lipinski definition) is 1. The maximum Gasteiger partial charge on any atom is 0.147 e. The number of rotatable bonds is 5. The fourth-order valence-electron chi connectivity index (χ4n) is 2.13. The summed E-state index contributed by atoms with van der Waals surface area (Å²) >= 11 is 0. The van der Waals surface area contributed by atoms with Gasteiger partial charge in [-0.05, 0) is 31.2 Å². The van der Waals surface area contributed by atoms with Crippen molar-refractivity contribution in [2.24, 2.45) is 5.73 Å². The first-order chi connectivity index (χ1) is 8.34. The van der Waals surface area contributed by atoms with Gasteiger partial charge in [0.05, 0.1) is 12.7 Å².